The van der Waals surface area contributed by atoms with Gasteiger partial charge in [-0.05, 0) is 26.9 Å². The Morgan fingerprint density at radius 1 is 1.21 bits per heavy atom. The van der Waals surface area contributed by atoms with Crippen molar-refractivity contribution in [2.75, 3.05) is 25.7 Å². The highest BCUT2D eigenvalue weighted by atomic mass is 31.1. The fourth-order valence-electron chi connectivity index (χ4n) is 0.872. The van der Waals surface area contributed by atoms with Crippen molar-refractivity contribution in [1.29, 1.82) is 0 Å². The summed E-state index contributed by atoms with van der Waals surface area (Å²) in [6.07, 6.45) is 2.42. The second-order valence-electron chi connectivity index (χ2n) is 3.27. The summed E-state index contributed by atoms with van der Waals surface area (Å²) in [5, 5.41) is 11.1. The highest BCUT2D eigenvalue weighted by Crippen LogP contribution is 2.07. The average molecular weight is 293 g/mol. The number of rotatable bonds is 6. The molecule has 0 aromatic rings. The minimum Gasteiger partial charge on any atom is -0.466 e. The monoisotopic (exact) mass is 293 g/mol. The van der Waals surface area contributed by atoms with Crippen LogP contribution in [0.15, 0.2) is 11.8 Å². The summed E-state index contributed by atoms with van der Waals surface area (Å²) >= 11 is 0. The highest BCUT2D eigenvalue weighted by Gasteiger charge is 1.98. The van der Waals surface area contributed by atoms with E-state index in [1.54, 1.807) is 20.8 Å². The van der Waals surface area contributed by atoms with Gasteiger partial charge in [0.1, 0.15) is 0 Å². The lowest BCUT2D eigenvalue weighted by Crippen LogP contribution is -2.22. The standard InChI is InChI=1S/C8H16NO3P.C4H8O2/c1-3-12-8(11)9-7(2)4-5-13-6-10;1-3-6-4(2)5/h4,10,13H,3,5-6H2,1-2H3,(H,9,11);3H2,1-2H3/b7-4-;. The predicted octanol–water partition coefficient (Wildman–Crippen LogP) is 1.83. The van der Waals surface area contributed by atoms with Gasteiger partial charge in [-0.2, -0.15) is 0 Å². The van der Waals surface area contributed by atoms with Crippen molar-refractivity contribution in [3.63, 3.8) is 0 Å². The van der Waals surface area contributed by atoms with Crippen molar-refractivity contribution in [1.82, 2.24) is 5.32 Å². The van der Waals surface area contributed by atoms with Crippen molar-refractivity contribution < 1.29 is 24.2 Å². The lowest BCUT2D eigenvalue weighted by molar-refractivity contribution is -0.140. The second kappa shape index (κ2) is 14.9. The van der Waals surface area contributed by atoms with Gasteiger partial charge in [-0.1, -0.05) is 14.7 Å². The van der Waals surface area contributed by atoms with Crippen LogP contribution in [0, 0.1) is 0 Å². The van der Waals surface area contributed by atoms with E-state index >= 15 is 0 Å². The number of amides is 1. The fraction of sp³-hybridized carbons (Fsp3) is 0.667. The topological polar surface area (TPSA) is 84.9 Å². The number of allylic oxidation sites excluding steroid dienone is 2. The summed E-state index contributed by atoms with van der Waals surface area (Å²) < 4.78 is 9.08. The molecule has 0 fully saturated rings. The molecule has 1 unspecified atom stereocenters. The maximum Gasteiger partial charge on any atom is 0.411 e. The third-order valence-electron chi connectivity index (χ3n) is 1.59. The van der Waals surface area contributed by atoms with E-state index in [4.69, 9.17) is 5.11 Å². The first-order chi connectivity index (χ1) is 8.97. The fourth-order valence-corrected chi connectivity index (χ4v) is 1.45. The first-order valence-electron chi connectivity index (χ1n) is 6.03. The van der Waals surface area contributed by atoms with Crippen molar-refractivity contribution >= 4 is 20.6 Å². The molecule has 112 valence electrons. The summed E-state index contributed by atoms with van der Waals surface area (Å²) in [6.45, 7) is 7.57. The van der Waals surface area contributed by atoms with Gasteiger partial charge in [0.05, 0.1) is 19.6 Å². The number of ether oxygens (including phenoxy) is 2. The molecule has 0 aliphatic carbocycles. The number of carbonyl (C=O) groups is 2. The van der Waals surface area contributed by atoms with Crippen LogP contribution >= 0.6 is 8.58 Å². The number of hydrogen-bond acceptors (Lipinski definition) is 5. The molecular formula is C12H24NO5P. The van der Waals surface area contributed by atoms with E-state index in [0.717, 1.165) is 11.9 Å². The Balaban J connectivity index is 0. The van der Waals surface area contributed by atoms with Gasteiger partial charge in [-0.3, -0.25) is 10.1 Å². The van der Waals surface area contributed by atoms with Gasteiger partial charge < -0.3 is 14.6 Å². The summed E-state index contributed by atoms with van der Waals surface area (Å²) in [5.41, 5.74) is 0.763. The van der Waals surface area contributed by atoms with Gasteiger partial charge in [-0.15, -0.1) is 0 Å². The Morgan fingerprint density at radius 2 is 1.79 bits per heavy atom. The maximum atomic E-state index is 10.9. The smallest absolute Gasteiger partial charge is 0.411 e. The molecule has 1 amide bonds. The van der Waals surface area contributed by atoms with Crippen LogP contribution in [0.3, 0.4) is 0 Å². The number of aliphatic hydroxyl groups excluding tert-OH is 1. The van der Waals surface area contributed by atoms with Gasteiger partial charge in [0.15, 0.2) is 0 Å². The zero-order valence-electron chi connectivity index (χ0n) is 12.0. The molecule has 0 radical (unpaired) electrons. The first kappa shape index (κ1) is 20.2. The number of carbonyl (C=O) groups excluding carboxylic acids is 2. The van der Waals surface area contributed by atoms with Crippen molar-refractivity contribution in [3.05, 3.63) is 11.8 Å². The Kier molecular flexibility index (Phi) is 15.9. The molecule has 0 spiro atoms. The van der Waals surface area contributed by atoms with E-state index in [1.807, 2.05) is 6.08 Å². The number of aliphatic hydroxyl groups is 1. The van der Waals surface area contributed by atoms with Crippen LogP contribution in [0.4, 0.5) is 4.79 Å². The molecule has 0 aliphatic rings. The van der Waals surface area contributed by atoms with Crippen molar-refractivity contribution in [3.8, 4) is 0 Å². The Hall–Kier alpha value is -1.13. The highest BCUT2D eigenvalue weighted by molar-refractivity contribution is 7.37. The molecule has 19 heavy (non-hydrogen) atoms. The van der Waals surface area contributed by atoms with E-state index in [1.165, 1.54) is 6.92 Å². The van der Waals surface area contributed by atoms with Gasteiger partial charge in [0, 0.05) is 12.6 Å². The third-order valence-corrected chi connectivity index (χ3v) is 2.30. The average Bonchev–Trinajstić information content (AvgIpc) is 2.30. The Bertz CT molecular complexity index is 281. The third kappa shape index (κ3) is 19.4. The van der Waals surface area contributed by atoms with E-state index < -0.39 is 6.09 Å². The Labute approximate surface area is 116 Å². The molecule has 6 nitrogen and oxygen atoms in total. The summed E-state index contributed by atoms with van der Waals surface area (Å²) in [6, 6.07) is 0. The van der Waals surface area contributed by atoms with Crippen LogP contribution in [-0.2, 0) is 14.3 Å². The van der Waals surface area contributed by atoms with Gasteiger partial charge in [0.25, 0.3) is 0 Å². The lowest BCUT2D eigenvalue weighted by Gasteiger charge is -2.04. The molecule has 0 bridgehead atoms. The van der Waals surface area contributed by atoms with Gasteiger partial charge in [-0.25, -0.2) is 4.79 Å². The van der Waals surface area contributed by atoms with Crippen molar-refractivity contribution in [2.45, 2.75) is 27.7 Å². The predicted molar refractivity (Wildman–Crippen MR) is 76.5 cm³/mol. The maximum absolute atomic E-state index is 10.9. The largest absolute Gasteiger partial charge is 0.466 e. The lowest BCUT2D eigenvalue weighted by atomic mass is 10.5. The second-order valence-corrected chi connectivity index (χ2v) is 4.49. The zero-order valence-corrected chi connectivity index (χ0v) is 13.0. The normalized spacial score (nSPS) is 10.7. The van der Waals surface area contributed by atoms with E-state index in [9.17, 15) is 9.59 Å². The van der Waals surface area contributed by atoms with Crippen LogP contribution in [0.25, 0.3) is 0 Å². The van der Waals surface area contributed by atoms with Crippen LogP contribution in [0.5, 0.6) is 0 Å². The van der Waals surface area contributed by atoms with Crippen LogP contribution < -0.4 is 5.32 Å². The summed E-state index contributed by atoms with van der Waals surface area (Å²) in [4.78, 5) is 20.7. The number of hydrogen-bond donors (Lipinski definition) is 2. The minimum absolute atomic E-state index is 0.198. The molecular weight excluding hydrogens is 269 g/mol. The molecule has 2 N–H and O–H groups in total. The van der Waals surface area contributed by atoms with Gasteiger partial charge >= 0.3 is 12.1 Å². The molecule has 0 rings (SSSR count). The van der Waals surface area contributed by atoms with Crippen LogP contribution in [0.1, 0.15) is 27.7 Å². The molecule has 0 aromatic carbocycles. The van der Waals surface area contributed by atoms with Gasteiger partial charge in [0.2, 0.25) is 0 Å². The number of nitrogens with one attached hydrogen (secondary N) is 1. The molecule has 0 saturated heterocycles. The summed E-state index contributed by atoms with van der Waals surface area (Å²) in [5.74, 6) is -0.211. The van der Waals surface area contributed by atoms with E-state index in [2.05, 4.69) is 14.8 Å². The first-order valence-corrected chi connectivity index (χ1v) is 7.44. The number of esters is 1. The number of alkyl carbamates (subject to hydrolysis) is 1. The van der Waals surface area contributed by atoms with Crippen molar-refractivity contribution in [2.24, 2.45) is 0 Å². The van der Waals surface area contributed by atoms with E-state index in [-0.39, 0.29) is 12.3 Å². The molecule has 7 heteroatoms. The van der Waals surface area contributed by atoms with E-state index in [0.29, 0.717) is 21.8 Å². The SMILES string of the molecule is CCOC(=O)N/C(C)=C\CPCO.CCOC(C)=O. The quantitative estimate of drug-likeness (QED) is 0.443. The summed E-state index contributed by atoms with van der Waals surface area (Å²) in [7, 11) is 0.492. The minimum atomic E-state index is -0.427. The molecule has 0 saturated carbocycles. The zero-order chi connectivity index (χ0) is 15.1. The molecule has 0 aliphatic heterocycles. The molecule has 1 atom stereocenters. The van der Waals surface area contributed by atoms with Crippen LogP contribution in [-0.4, -0.2) is 42.9 Å². The molecule has 0 heterocycles. The van der Waals surface area contributed by atoms with Crippen LogP contribution in [0.2, 0.25) is 0 Å². The molecule has 0 aromatic heterocycles. The Morgan fingerprint density at radius 3 is 2.16 bits per heavy atom.